The minimum atomic E-state index is -0.324. The van der Waals surface area contributed by atoms with Crippen molar-refractivity contribution in [1.82, 2.24) is 15.3 Å². The van der Waals surface area contributed by atoms with Gasteiger partial charge < -0.3 is 19.5 Å². The number of hydrogen-bond acceptors (Lipinski definition) is 4. The first-order valence-electron chi connectivity index (χ1n) is 9.36. The zero-order chi connectivity index (χ0) is 20.1. The van der Waals surface area contributed by atoms with Gasteiger partial charge in [-0.3, -0.25) is 4.79 Å². The number of carbonyl (C=O) groups excluding carboxylic acids is 1. The molecule has 2 aromatic carbocycles. The van der Waals surface area contributed by atoms with Crippen molar-refractivity contribution in [3.05, 3.63) is 83.8 Å². The maximum Gasteiger partial charge on any atom is 0.286 e. The van der Waals surface area contributed by atoms with E-state index in [-0.39, 0.29) is 24.1 Å². The number of hydrogen-bond donors (Lipinski definition) is 2. The number of aromatic amines is 1. The minimum absolute atomic E-state index is 0.158. The number of halogens is 1. The average Bonchev–Trinajstić information content (AvgIpc) is 3.37. The Morgan fingerprint density at radius 3 is 2.76 bits per heavy atom. The van der Waals surface area contributed by atoms with Crippen molar-refractivity contribution in [2.45, 2.75) is 19.4 Å². The summed E-state index contributed by atoms with van der Waals surface area (Å²) in [6.45, 7) is 0.670. The molecule has 0 unspecified atom stereocenters. The number of nitrogens with zero attached hydrogens (tertiary/aromatic N) is 1. The fourth-order valence-corrected chi connectivity index (χ4v) is 2.93. The molecule has 2 aromatic heterocycles. The zero-order valence-electron chi connectivity index (χ0n) is 15.7. The summed E-state index contributed by atoms with van der Waals surface area (Å²) in [5.41, 5.74) is 1.95. The first-order chi connectivity index (χ1) is 14.2. The highest BCUT2D eigenvalue weighted by molar-refractivity contribution is 5.91. The van der Waals surface area contributed by atoms with Gasteiger partial charge in [-0.25, -0.2) is 9.37 Å². The Balaban J connectivity index is 1.22. The second-order valence-electron chi connectivity index (χ2n) is 6.57. The van der Waals surface area contributed by atoms with Crippen molar-refractivity contribution < 1.29 is 18.3 Å². The Bertz CT molecular complexity index is 1070. The fourth-order valence-electron chi connectivity index (χ4n) is 2.93. The molecule has 4 aromatic rings. The molecule has 2 N–H and O–H groups in total. The van der Waals surface area contributed by atoms with Crippen LogP contribution in [-0.4, -0.2) is 22.4 Å². The van der Waals surface area contributed by atoms with Gasteiger partial charge in [-0.2, -0.15) is 0 Å². The number of rotatable bonds is 8. The number of amides is 1. The van der Waals surface area contributed by atoms with Crippen LogP contribution < -0.4 is 10.1 Å². The number of H-pyrrole nitrogens is 1. The lowest BCUT2D eigenvalue weighted by Crippen LogP contribution is -2.24. The van der Waals surface area contributed by atoms with Gasteiger partial charge in [0.25, 0.3) is 5.91 Å². The van der Waals surface area contributed by atoms with Crippen LogP contribution in [0.15, 0.2) is 65.1 Å². The Morgan fingerprint density at radius 1 is 1.10 bits per heavy atom. The third-order valence-corrected chi connectivity index (χ3v) is 4.39. The molecule has 1 amide bonds. The molecule has 0 saturated heterocycles. The number of fused-ring (bicyclic) bond motifs is 1. The van der Waals surface area contributed by atoms with Crippen LogP contribution in [0.4, 0.5) is 4.39 Å². The Kier molecular flexibility index (Phi) is 5.56. The predicted molar refractivity (Wildman–Crippen MR) is 106 cm³/mol. The summed E-state index contributed by atoms with van der Waals surface area (Å²) in [5.74, 6) is 1.57. The lowest BCUT2D eigenvalue weighted by molar-refractivity contribution is 0.0921. The van der Waals surface area contributed by atoms with E-state index >= 15 is 0 Å². The Labute approximate surface area is 166 Å². The van der Waals surface area contributed by atoms with Gasteiger partial charge in [-0.1, -0.05) is 12.1 Å². The van der Waals surface area contributed by atoms with Gasteiger partial charge in [0.1, 0.15) is 29.8 Å². The molecule has 29 heavy (non-hydrogen) atoms. The summed E-state index contributed by atoms with van der Waals surface area (Å²) in [6.07, 6.45) is 1.50. The van der Waals surface area contributed by atoms with Crippen LogP contribution in [0.1, 0.15) is 28.6 Å². The van der Waals surface area contributed by atoms with Crippen molar-refractivity contribution in [2.75, 3.05) is 6.54 Å². The molecule has 2 heterocycles. The van der Waals surface area contributed by atoms with Gasteiger partial charge in [0.2, 0.25) is 0 Å². The third-order valence-electron chi connectivity index (χ3n) is 4.39. The summed E-state index contributed by atoms with van der Waals surface area (Å²) in [6, 6.07) is 16.9. The largest absolute Gasteiger partial charge is 0.486 e. The second-order valence-corrected chi connectivity index (χ2v) is 6.57. The summed E-state index contributed by atoms with van der Waals surface area (Å²) in [4.78, 5) is 20.0. The molecule has 0 radical (unpaired) electrons. The van der Waals surface area contributed by atoms with E-state index in [0.717, 1.165) is 29.7 Å². The molecule has 0 spiro atoms. The highest BCUT2D eigenvalue weighted by Gasteiger charge is 2.11. The van der Waals surface area contributed by atoms with Crippen molar-refractivity contribution in [3.63, 3.8) is 0 Å². The number of carbonyl (C=O) groups is 1. The molecular formula is C22H20FN3O3. The van der Waals surface area contributed by atoms with E-state index in [1.54, 1.807) is 12.1 Å². The maximum atomic E-state index is 12.9. The number of nitrogens with one attached hydrogen (secondary N) is 2. The molecule has 7 heteroatoms. The van der Waals surface area contributed by atoms with E-state index < -0.39 is 0 Å². The number of benzene rings is 2. The molecular weight excluding hydrogens is 373 g/mol. The number of para-hydroxylation sites is 2. The maximum absolute atomic E-state index is 12.9. The minimum Gasteiger partial charge on any atom is -0.486 e. The van der Waals surface area contributed by atoms with Crippen LogP contribution in [0.5, 0.6) is 5.75 Å². The van der Waals surface area contributed by atoms with Gasteiger partial charge in [0.05, 0.1) is 11.0 Å². The molecule has 0 aliphatic rings. The number of imidazole rings is 1. The first-order valence-corrected chi connectivity index (χ1v) is 9.36. The quantitative estimate of drug-likeness (QED) is 0.439. The van der Waals surface area contributed by atoms with E-state index in [1.807, 2.05) is 24.3 Å². The molecule has 0 fully saturated rings. The van der Waals surface area contributed by atoms with E-state index in [2.05, 4.69) is 15.3 Å². The lowest BCUT2D eigenvalue weighted by Gasteiger charge is -2.04. The topological polar surface area (TPSA) is 80.2 Å². The lowest BCUT2D eigenvalue weighted by atomic mass is 10.3. The van der Waals surface area contributed by atoms with Crippen LogP contribution in [0, 0.1) is 5.82 Å². The summed E-state index contributed by atoms with van der Waals surface area (Å²) in [5, 5.41) is 2.84. The number of aryl methyl sites for hydroxylation is 1. The van der Waals surface area contributed by atoms with Crippen LogP contribution in [-0.2, 0) is 13.0 Å². The smallest absolute Gasteiger partial charge is 0.286 e. The molecule has 148 valence electrons. The number of aromatic nitrogens is 2. The highest BCUT2D eigenvalue weighted by atomic mass is 19.1. The Hall–Kier alpha value is -3.61. The zero-order valence-corrected chi connectivity index (χ0v) is 15.7. The molecule has 0 atom stereocenters. The number of furan rings is 1. The van der Waals surface area contributed by atoms with Gasteiger partial charge in [-0.05, 0) is 55.0 Å². The molecule has 4 rings (SSSR count). The van der Waals surface area contributed by atoms with E-state index in [1.165, 1.54) is 24.3 Å². The van der Waals surface area contributed by atoms with Gasteiger partial charge in [0, 0.05) is 13.0 Å². The van der Waals surface area contributed by atoms with E-state index in [4.69, 9.17) is 9.15 Å². The van der Waals surface area contributed by atoms with Gasteiger partial charge in [0.15, 0.2) is 5.76 Å². The third kappa shape index (κ3) is 4.82. The van der Waals surface area contributed by atoms with Crippen LogP contribution >= 0.6 is 0 Å². The van der Waals surface area contributed by atoms with Crippen LogP contribution in [0.2, 0.25) is 0 Å². The second kappa shape index (κ2) is 8.60. The predicted octanol–water partition coefficient (Wildman–Crippen LogP) is 4.24. The molecule has 0 aliphatic heterocycles. The summed E-state index contributed by atoms with van der Waals surface area (Å²) >= 11 is 0. The van der Waals surface area contributed by atoms with Crippen LogP contribution in [0.3, 0.4) is 0 Å². The highest BCUT2D eigenvalue weighted by Crippen LogP contribution is 2.15. The van der Waals surface area contributed by atoms with Gasteiger partial charge in [-0.15, -0.1) is 0 Å². The monoisotopic (exact) mass is 393 g/mol. The van der Waals surface area contributed by atoms with E-state index in [0.29, 0.717) is 18.1 Å². The van der Waals surface area contributed by atoms with Crippen molar-refractivity contribution in [3.8, 4) is 5.75 Å². The van der Waals surface area contributed by atoms with Gasteiger partial charge >= 0.3 is 0 Å². The molecule has 0 saturated carbocycles. The van der Waals surface area contributed by atoms with Crippen molar-refractivity contribution in [2.24, 2.45) is 0 Å². The number of ether oxygens (including phenoxy) is 1. The average molecular weight is 393 g/mol. The molecule has 0 aliphatic carbocycles. The molecule has 0 bridgehead atoms. The Morgan fingerprint density at radius 2 is 1.93 bits per heavy atom. The van der Waals surface area contributed by atoms with Crippen LogP contribution in [0.25, 0.3) is 11.0 Å². The molecule has 6 nitrogen and oxygen atoms in total. The fraction of sp³-hybridized carbons (Fsp3) is 0.182. The van der Waals surface area contributed by atoms with E-state index in [9.17, 15) is 9.18 Å². The SMILES string of the molecule is O=C(NCCCc1nc2ccccc2[nH]1)c1ccc(COc2ccc(F)cc2)o1. The first kappa shape index (κ1) is 18.7. The summed E-state index contributed by atoms with van der Waals surface area (Å²) in [7, 11) is 0. The normalized spacial score (nSPS) is 10.9. The van der Waals surface area contributed by atoms with Crippen molar-refractivity contribution in [1.29, 1.82) is 0 Å². The van der Waals surface area contributed by atoms with Crippen molar-refractivity contribution >= 4 is 16.9 Å². The summed E-state index contributed by atoms with van der Waals surface area (Å²) < 4.78 is 23.9. The standard InChI is InChI=1S/C22H20FN3O3/c23-15-7-9-16(10-8-15)28-14-17-11-12-20(29-17)22(27)24-13-3-6-21-25-18-4-1-2-5-19(18)26-21/h1-2,4-5,7-12H,3,6,13-14H2,(H,24,27)(H,25,26).